The highest BCUT2D eigenvalue weighted by Crippen LogP contribution is 2.20. The van der Waals surface area contributed by atoms with Crippen LogP contribution in [-0.2, 0) is 12.8 Å². The van der Waals surface area contributed by atoms with E-state index < -0.39 is 0 Å². The summed E-state index contributed by atoms with van der Waals surface area (Å²) in [6.07, 6.45) is 5.71. The van der Waals surface area contributed by atoms with Gasteiger partial charge in [0.2, 0.25) is 0 Å². The lowest BCUT2D eigenvalue weighted by Gasteiger charge is -2.27. The first-order valence-corrected chi connectivity index (χ1v) is 6.86. The average Bonchev–Trinajstić information content (AvgIpc) is 2.61. The second-order valence-electron chi connectivity index (χ2n) is 5.16. The first-order valence-electron chi connectivity index (χ1n) is 6.86. The third kappa shape index (κ3) is 2.33. The number of benzene rings is 1. The molecule has 2 aliphatic heterocycles. The Morgan fingerprint density at radius 1 is 1.00 bits per heavy atom. The van der Waals surface area contributed by atoms with Gasteiger partial charge in [0.05, 0.1) is 0 Å². The van der Waals surface area contributed by atoms with Crippen LogP contribution in [0.2, 0.25) is 0 Å². The first kappa shape index (κ1) is 11.5. The number of hydrogen-bond acceptors (Lipinski definition) is 2. The van der Waals surface area contributed by atoms with Crippen molar-refractivity contribution in [2.75, 3.05) is 19.6 Å². The molecule has 0 fully saturated rings. The number of nitrogens with zero attached hydrogens (tertiary/aromatic N) is 2. The molecular formula is C16H20N2. The molecule has 0 saturated heterocycles. The zero-order chi connectivity index (χ0) is 12.4. The fourth-order valence-corrected chi connectivity index (χ4v) is 2.91. The van der Waals surface area contributed by atoms with E-state index in [0.29, 0.717) is 0 Å². The fourth-order valence-electron chi connectivity index (χ4n) is 2.91. The van der Waals surface area contributed by atoms with Gasteiger partial charge >= 0.3 is 0 Å². The molecular weight excluding hydrogens is 220 g/mol. The zero-order valence-corrected chi connectivity index (χ0v) is 11.0. The highest BCUT2D eigenvalue weighted by molar-refractivity contribution is 5.93. The Bertz CT molecular complexity index is 473. The molecule has 0 aromatic heterocycles. The minimum Gasteiger partial charge on any atom is -0.374 e. The van der Waals surface area contributed by atoms with Crippen LogP contribution in [0.25, 0.3) is 0 Å². The molecule has 0 unspecified atom stereocenters. The van der Waals surface area contributed by atoms with Crippen LogP contribution in [0.3, 0.4) is 0 Å². The molecule has 2 heteroatoms. The van der Waals surface area contributed by atoms with E-state index in [2.05, 4.69) is 47.2 Å². The molecule has 1 aromatic carbocycles. The van der Waals surface area contributed by atoms with Crippen LogP contribution in [0.15, 0.2) is 41.0 Å². The maximum absolute atomic E-state index is 4.45. The highest BCUT2D eigenvalue weighted by atomic mass is 15.1. The summed E-state index contributed by atoms with van der Waals surface area (Å²) in [7, 11) is 0. The predicted molar refractivity (Wildman–Crippen MR) is 76.1 cm³/mol. The van der Waals surface area contributed by atoms with Gasteiger partial charge in [-0.05, 0) is 37.0 Å². The summed E-state index contributed by atoms with van der Waals surface area (Å²) < 4.78 is 0. The molecule has 0 N–H and O–H groups in total. The Kier molecular flexibility index (Phi) is 3.18. The van der Waals surface area contributed by atoms with Crippen LogP contribution in [-0.4, -0.2) is 30.2 Å². The van der Waals surface area contributed by atoms with Crippen molar-refractivity contribution in [1.29, 1.82) is 0 Å². The molecule has 2 heterocycles. The van der Waals surface area contributed by atoms with Crippen molar-refractivity contribution >= 4 is 5.71 Å². The minimum atomic E-state index is 0.959. The van der Waals surface area contributed by atoms with Crippen LogP contribution in [0.5, 0.6) is 0 Å². The zero-order valence-electron chi connectivity index (χ0n) is 11.0. The van der Waals surface area contributed by atoms with E-state index in [1.54, 1.807) is 0 Å². The molecule has 1 aromatic rings. The van der Waals surface area contributed by atoms with Crippen molar-refractivity contribution < 1.29 is 0 Å². The maximum Gasteiger partial charge on any atom is 0.0447 e. The Morgan fingerprint density at radius 3 is 2.28 bits per heavy atom. The van der Waals surface area contributed by atoms with Crippen molar-refractivity contribution in [3.05, 3.63) is 47.2 Å². The maximum atomic E-state index is 4.45. The molecule has 0 spiro atoms. The van der Waals surface area contributed by atoms with Crippen molar-refractivity contribution in [3.63, 3.8) is 0 Å². The number of dihydropyridines is 1. The van der Waals surface area contributed by atoms with E-state index in [9.17, 15) is 0 Å². The van der Waals surface area contributed by atoms with Gasteiger partial charge in [0.1, 0.15) is 0 Å². The van der Waals surface area contributed by atoms with Crippen LogP contribution < -0.4 is 0 Å². The van der Waals surface area contributed by atoms with Gasteiger partial charge < -0.3 is 4.90 Å². The van der Waals surface area contributed by atoms with E-state index in [0.717, 1.165) is 26.1 Å². The summed E-state index contributed by atoms with van der Waals surface area (Å²) >= 11 is 0. The normalized spacial score (nSPS) is 19.7. The molecule has 0 radical (unpaired) electrons. The van der Waals surface area contributed by atoms with E-state index in [-0.39, 0.29) is 0 Å². The van der Waals surface area contributed by atoms with Crippen LogP contribution in [0.1, 0.15) is 24.5 Å². The van der Waals surface area contributed by atoms with Gasteiger partial charge in [-0.3, -0.25) is 4.99 Å². The molecule has 2 aliphatic rings. The SMILES string of the molecule is CC1=NCCC(N2CCc3ccccc3CC2)=C1. The lowest BCUT2D eigenvalue weighted by Crippen LogP contribution is -2.28. The summed E-state index contributed by atoms with van der Waals surface area (Å²) in [5.41, 5.74) is 5.72. The highest BCUT2D eigenvalue weighted by Gasteiger charge is 2.16. The number of fused-ring (bicyclic) bond motifs is 1. The van der Waals surface area contributed by atoms with E-state index in [1.807, 2.05) is 0 Å². The molecule has 94 valence electrons. The topological polar surface area (TPSA) is 15.6 Å². The van der Waals surface area contributed by atoms with Gasteiger partial charge in [-0.15, -0.1) is 0 Å². The second kappa shape index (κ2) is 4.97. The number of allylic oxidation sites excluding steroid dienone is 1. The largest absolute Gasteiger partial charge is 0.374 e. The average molecular weight is 240 g/mol. The molecule has 0 aliphatic carbocycles. The van der Waals surface area contributed by atoms with Crippen molar-refractivity contribution in [2.24, 2.45) is 4.99 Å². The monoisotopic (exact) mass is 240 g/mol. The summed E-state index contributed by atoms with van der Waals surface area (Å²) in [6.45, 7) is 5.36. The van der Waals surface area contributed by atoms with Gasteiger partial charge in [0.25, 0.3) is 0 Å². The van der Waals surface area contributed by atoms with E-state index in [1.165, 1.54) is 35.4 Å². The number of hydrogen-bond donors (Lipinski definition) is 0. The predicted octanol–water partition coefficient (Wildman–Crippen LogP) is 2.84. The van der Waals surface area contributed by atoms with Crippen LogP contribution in [0, 0.1) is 0 Å². The summed E-state index contributed by atoms with van der Waals surface area (Å²) in [6, 6.07) is 8.87. The smallest absolute Gasteiger partial charge is 0.0447 e. The second-order valence-corrected chi connectivity index (χ2v) is 5.16. The summed E-state index contributed by atoms with van der Waals surface area (Å²) in [5, 5.41) is 0. The Balaban J connectivity index is 1.77. The Labute approximate surface area is 109 Å². The Hall–Kier alpha value is -1.57. The van der Waals surface area contributed by atoms with Gasteiger partial charge in [-0.25, -0.2) is 0 Å². The molecule has 18 heavy (non-hydrogen) atoms. The first-order chi connectivity index (χ1) is 8.83. The number of aliphatic imine (C=N–C) groups is 1. The van der Waals surface area contributed by atoms with Gasteiger partial charge in [0, 0.05) is 37.5 Å². The third-order valence-corrected chi connectivity index (χ3v) is 3.93. The van der Waals surface area contributed by atoms with Gasteiger partial charge in [-0.1, -0.05) is 24.3 Å². The molecule has 0 saturated carbocycles. The summed E-state index contributed by atoms with van der Waals surface area (Å²) in [4.78, 5) is 7.01. The van der Waals surface area contributed by atoms with Crippen molar-refractivity contribution in [2.45, 2.75) is 26.2 Å². The lowest BCUT2D eigenvalue weighted by atomic mass is 10.0. The lowest BCUT2D eigenvalue weighted by molar-refractivity contribution is 0.349. The molecule has 0 atom stereocenters. The standard InChI is InChI=1S/C16H20N2/c1-13-12-16(6-9-17-13)18-10-7-14-4-2-3-5-15(14)8-11-18/h2-5,12H,6-11H2,1H3. The molecule has 0 amide bonds. The third-order valence-electron chi connectivity index (χ3n) is 3.93. The van der Waals surface area contributed by atoms with Crippen molar-refractivity contribution in [3.8, 4) is 0 Å². The molecule has 3 rings (SSSR count). The van der Waals surface area contributed by atoms with Gasteiger partial charge in [0.15, 0.2) is 0 Å². The number of rotatable bonds is 1. The Morgan fingerprint density at radius 2 is 1.67 bits per heavy atom. The molecule has 2 nitrogen and oxygen atoms in total. The van der Waals surface area contributed by atoms with Crippen molar-refractivity contribution in [1.82, 2.24) is 4.90 Å². The van der Waals surface area contributed by atoms with E-state index in [4.69, 9.17) is 0 Å². The fraction of sp³-hybridized carbons (Fsp3) is 0.438. The van der Waals surface area contributed by atoms with Gasteiger partial charge in [-0.2, -0.15) is 0 Å². The quantitative estimate of drug-likeness (QED) is 0.737. The van der Waals surface area contributed by atoms with Crippen LogP contribution >= 0.6 is 0 Å². The summed E-state index contributed by atoms with van der Waals surface area (Å²) in [5.74, 6) is 0. The van der Waals surface area contributed by atoms with E-state index >= 15 is 0 Å². The minimum absolute atomic E-state index is 0.959. The van der Waals surface area contributed by atoms with Crippen LogP contribution in [0.4, 0.5) is 0 Å². The molecule has 0 bridgehead atoms.